The lowest BCUT2D eigenvalue weighted by atomic mass is 10.2. The van der Waals surface area contributed by atoms with Crippen LogP contribution in [0.3, 0.4) is 0 Å². The molecule has 0 bridgehead atoms. The summed E-state index contributed by atoms with van der Waals surface area (Å²) in [4.78, 5) is -0.458. The fourth-order valence-corrected chi connectivity index (χ4v) is 3.74. The van der Waals surface area contributed by atoms with Crippen LogP contribution in [0.5, 0.6) is 0 Å². The Balaban J connectivity index is 2.42. The quantitative estimate of drug-likeness (QED) is 0.892. The molecule has 1 fully saturated rings. The molecule has 4 nitrogen and oxygen atoms in total. The molecule has 0 radical (unpaired) electrons. The van der Waals surface area contributed by atoms with Crippen molar-refractivity contribution in [1.82, 2.24) is 9.62 Å². The van der Waals surface area contributed by atoms with E-state index >= 15 is 0 Å². The maximum Gasteiger partial charge on any atom is 0.246 e. The van der Waals surface area contributed by atoms with E-state index in [1.807, 2.05) is 6.92 Å². The van der Waals surface area contributed by atoms with Crippen molar-refractivity contribution in [1.29, 1.82) is 0 Å². The fraction of sp³-hybridized carbons (Fsp3) is 0.500. The van der Waals surface area contributed by atoms with Crippen LogP contribution >= 0.6 is 0 Å². The second-order valence-electron chi connectivity index (χ2n) is 4.75. The van der Waals surface area contributed by atoms with Crippen molar-refractivity contribution in [3.8, 4) is 0 Å². The number of halogens is 2. The second-order valence-corrected chi connectivity index (χ2v) is 6.66. The number of hydrogen-bond donors (Lipinski definition) is 1. The van der Waals surface area contributed by atoms with Crippen molar-refractivity contribution >= 4 is 10.0 Å². The highest BCUT2D eigenvalue weighted by Gasteiger charge is 2.31. The number of aryl methyl sites for hydroxylation is 1. The van der Waals surface area contributed by atoms with Gasteiger partial charge in [0, 0.05) is 31.7 Å². The van der Waals surface area contributed by atoms with Gasteiger partial charge in [0.25, 0.3) is 0 Å². The number of nitrogens with zero attached hydrogens (tertiary/aromatic N) is 1. The minimum Gasteiger partial charge on any atom is -0.312 e. The van der Waals surface area contributed by atoms with Gasteiger partial charge in [0.15, 0.2) is 0 Å². The molecule has 1 N–H and O–H groups in total. The van der Waals surface area contributed by atoms with E-state index in [1.54, 1.807) is 0 Å². The van der Waals surface area contributed by atoms with E-state index < -0.39 is 26.6 Å². The van der Waals surface area contributed by atoms with E-state index in [0.29, 0.717) is 12.6 Å². The van der Waals surface area contributed by atoms with Gasteiger partial charge in [-0.25, -0.2) is 17.2 Å². The summed E-state index contributed by atoms with van der Waals surface area (Å²) in [5, 5.41) is 3.11. The van der Waals surface area contributed by atoms with Gasteiger partial charge in [-0.15, -0.1) is 0 Å². The minimum absolute atomic E-state index is 0.00753. The molecule has 1 aromatic carbocycles. The van der Waals surface area contributed by atoms with Gasteiger partial charge < -0.3 is 5.32 Å². The van der Waals surface area contributed by atoms with Gasteiger partial charge in [0.2, 0.25) is 10.0 Å². The molecular formula is C12H16F2N2O2S. The molecule has 1 aliphatic rings. The first kappa shape index (κ1) is 14.4. The number of benzene rings is 1. The molecule has 7 heteroatoms. The molecule has 0 saturated carbocycles. The van der Waals surface area contributed by atoms with Crippen molar-refractivity contribution in [2.45, 2.75) is 24.8 Å². The third-order valence-corrected chi connectivity index (χ3v) is 5.04. The molecule has 19 heavy (non-hydrogen) atoms. The van der Waals surface area contributed by atoms with Crippen LogP contribution < -0.4 is 5.32 Å². The summed E-state index contributed by atoms with van der Waals surface area (Å²) in [6, 6.07) is 1.67. The molecule has 0 spiro atoms. The Hall–Kier alpha value is -1.05. The normalized spacial score (nSPS) is 21.6. The average Bonchev–Trinajstić information content (AvgIpc) is 2.33. The molecule has 1 atom stereocenters. The Morgan fingerprint density at radius 1 is 1.32 bits per heavy atom. The number of sulfonamides is 1. The van der Waals surface area contributed by atoms with Crippen LogP contribution in [-0.2, 0) is 10.0 Å². The van der Waals surface area contributed by atoms with Crippen LogP contribution in [-0.4, -0.2) is 38.4 Å². The molecule has 0 aromatic heterocycles. The molecular weight excluding hydrogens is 274 g/mol. The molecule has 1 unspecified atom stereocenters. The van der Waals surface area contributed by atoms with E-state index in [0.717, 1.165) is 6.07 Å². The summed E-state index contributed by atoms with van der Waals surface area (Å²) < 4.78 is 52.8. The van der Waals surface area contributed by atoms with Crippen molar-refractivity contribution in [3.63, 3.8) is 0 Å². The topological polar surface area (TPSA) is 49.4 Å². The van der Waals surface area contributed by atoms with Gasteiger partial charge in [-0.3, -0.25) is 0 Å². The summed E-state index contributed by atoms with van der Waals surface area (Å²) in [5.41, 5.74) is 0.114. The van der Waals surface area contributed by atoms with E-state index in [-0.39, 0.29) is 24.7 Å². The maximum atomic E-state index is 13.7. The second kappa shape index (κ2) is 5.15. The fourth-order valence-electron chi connectivity index (χ4n) is 2.08. The van der Waals surface area contributed by atoms with Gasteiger partial charge in [-0.05, 0) is 25.5 Å². The third-order valence-electron chi connectivity index (χ3n) is 3.16. The number of rotatable bonds is 2. The van der Waals surface area contributed by atoms with Crippen LogP contribution in [0.2, 0.25) is 0 Å². The van der Waals surface area contributed by atoms with E-state index in [4.69, 9.17) is 0 Å². The maximum absolute atomic E-state index is 13.7. The standard InChI is InChI=1S/C12H16F2N2O2S/c1-8-5-12(11(14)6-10(8)13)19(17,18)16-4-3-15-9(2)7-16/h5-6,9,15H,3-4,7H2,1-2H3. The van der Waals surface area contributed by atoms with Crippen LogP contribution in [0.4, 0.5) is 8.78 Å². The molecule has 106 valence electrons. The average molecular weight is 290 g/mol. The van der Waals surface area contributed by atoms with E-state index in [9.17, 15) is 17.2 Å². The highest BCUT2D eigenvalue weighted by atomic mass is 32.2. The lowest BCUT2D eigenvalue weighted by Crippen LogP contribution is -2.51. The highest BCUT2D eigenvalue weighted by Crippen LogP contribution is 2.23. The zero-order chi connectivity index (χ0) is 14.2. The summed E-state index contributed by atoms with van der Waals surface area (Å²) >= 11 is 0. The summed E-state index contributed by atoms with van der Waals surface area (Å²) in [6.45, 7) is 4.34. The first-order valence-corrected chi connectivity index (χ1v) is 7.45. The van der Waals surface area contributed by atoms with Gasteiger partial charge in [-0.1, -0.05) is 0 Å². The monoisotopic (exact) mass is 290 g/mol. The third kappa shape index (κ3) is 2.77. The van der Waals surface area contributed by atoms with Gasteiger partial charge >= 0.3 is 0 Å². The lowest BCUT2D eigenvalue weighted by molar-refractivity contribution is 0.309. The predicted octanol–water partition coefficient (Wildman–Crippen LogP) is 1.26. The summed E-state index contributed by atoms with van der Waals surface area (Å²) in [5.74, 6) is -1.79. The van der Waals surface area contributed by atoms with Crippen LogP contribution in [0.25, 0.3) is 0 Å². The number of hydrogen-bond acceptors (Lipinski definition) is 3. The summed E-state index contributed by atoms with van der Waals surface area (Å²) in [7, 11) is -3.91. The molecule has 1 heterocycles. The SMILES string of the molecule is Cc1cc(S(=O)(=O)N2CCNC(C)C2)c(F)cc1F. The Morgan fingerprint density at radius 3 is 2.63 bits per heavy atom. The van der Waals surface area contributed by atoms with E-state index in [1.165, 1.54) is 11.2 Å². The number of nitrogens with one attached hydrogen (secondary N) is 1. The predicted molar refractivity (Wildman–Crippen MR) is 67.3 cm³/mol. The van der Waals surface area contributed by atoms with Gasteiger partial charge in [-0.2, -0.15) is 4.31 Å². The Bertz CT molecular complexity index is 590. The Kier molecular flexibility index (Phi) is 3.89. The van der Waals surface area contributed by atoms with Crippen molar-refractivity contribution in [2.24, 2.45) is 0 Å². The molecule has 1 saturated heterocycles. The highest BCUT2D eigenvalue weighted by molar-refractivity contribution is 7.89. The van der Waals surface area contributed by atoms with Crippen LogP contribution in [0.1, 0.15) is 12.5 Å². The van der Waals surface area contributed by atoms with Crippen molar-refractivity contribution < 1.29 is 17.2 Å². The van der Waals surface area contributed by atoms with Crippen molar-refractivity contribution in [3.05, 3.63) is 29.3 Å². The minimum atomic E-state index is -3.91. The van der Waals surface area contributed by atoms with Crippen LogP contribution in [0, 0.1) is 18.6 Å². The Morgan fingerprint density at radius 2 is 2.00 bits per heavy atom. The largest absolute Gasteiger partial charge is 0.312 e. The molecule has 0 amide bonds. The first-order chi connectivity index (χ1) is 8.82. The summed E-state index contributed by atoms with van der Waals surface area (Å²) in [6.07, 6.45) is 0. The van der Waals surface area contributed by atoms with Crippen molar-refractivity contribution in [2.75, 3.05) is 19.6 Å². The Labute approximate surface area is 111 Å². The first-order valence-electron chi connectivity index (χ1n) is 6.01. The molecule has 2 rings (SSSR count). The zero-order valence-corrected chi connectivity index (χ0v) is 11.6. The van der Waals surface area contributed by atoms with Gasteiger partial charge in [0.05, 0.1) is 0 Å². The molecule has 1 aliphatic heterocycles. The van der Waals surface area contributed by atoms with E-state index in [2.05, 4.69) is 5.32 Å². The number of piperazine rings is 1. The smallest absolute Gasteiger partial charge is 0.246 e. The van der Waals surface area contributed by atoms with Gasteiger partial charge in [0.1, 0.15) is 16.5 Å². The van der Waals surface area contributed by atoms with Crippen LogP contribution in [0.15, 0.2) is 17.0 Å². The zero-order valence-electron chi connectivity index (χ0n) is 10.8. The molecule has 0 aliphatic carbocycles. The molecule has 1 aromatic rings. The lowest BCUT2D eigenvalue weighted by Gasteiger charge is -2.31.